The fourth-order valence-electron chi connectivity index (χ4n) is 2.39. The van der Waals surface area contributed by atoms with Crippen LogP contribution in [0.3, 0.4) is 0 Å². The second-order valence-corrected chi connectivity index (χ2v) is 7.89. The average molecular weight is 244 g/mol. The van der Waals surface area contributed by atoms with Gasteiger partial charge in [-0.1, -0.05) is 25.5 Å². The van der Waals surface area contributed by atoms with Gasteiger partial charge < -0.3 is 13.3 Å². The lowest BCUT2D eigenvalue weighted by atomic mass is 9.90. The monoisotopic (exact) mass is 244 g/mol. The number of hydrogen-bond donors (Lipinski definition) is 0. The predicted octanol–water partition coefficient (Wildman–Crippen LogP) is 3.00. The maximum atomic E-state index is 5.53. The first-order valence-corrected chi connectivity index (χ1v) is 7.74. The molecule has 0 heterocycles. The van der Waals surface area contributed by atoms with Crippen LogP contribution in [0.25, 0.3) is 0 Å². The summed E-state index contributed by atoms with van der Waals surface area (Å²) in [4.78, 5) is 0. The van der Waals surface area contributed by atoms with Crippen molar-refractivity contribution in [3.05, 3.63) is 11.6 Å². The minimum atomic E-state index is -2.50. The van der Waals surface area contributed by atoms with Gasteiger partial charge in [-0.2, -0.15) is 0 Å². The summed E-state index contributed by atoms with van der Waals surface area (Å²) in [5, 5.41) is 0. The van der Waals surface area contributed by atoms with Gasteiger partial charge >= 0.3 is 8.80 Å². The van der Waals surface area contributed by atoms with E-state index in [1.165, 1.54) is 18.4 Å². The Hall–Kier alpha value is -0.163. The van der Waals surface area contributed by atoms with Gasteiger partial charge in [-0.05, 0) is 25.2 Å². The number of hydrogen-bond acceptors (Lipinski definition) is 3. The van der Waals surface area contributed by atoms with Crippen molar-refractivity contribution in [2.24, 2.45) is 5.92 Å². The van der Waals surface area contributed by atoms with Crippen molar-refractivity contribution in [2.75, 3.05) is 21.3 Å². The Balaban J connectivity index is 2.79. The third-order valence-electron chi connectivity index (χ3n) is 3.65. The van der Waals surface area contributed by atoms with E-state index in [0.717, 1.165) is 12.3 Å². The van der Waals surface area contributed by atoms with Crippen LogP contribution >= 0.6 is 0 Å². The first kappa shape index (κ1) is 13.9. The molecule has 1 rings (SSSR count). The fourth-order valence-corrected chi connectivity index (χ4v) is 4.66. The van der Waals surface area contributed by atoms with Crippen LogP contribution in [0, 0.1) is 5.92 Å². The van der Waals surface area contributed by atoms with Crippen LogP contribution in [0.4, 0.5) is 0 Å². The molecule has 4 heteroatoms. The summed E-state index contributed by atoms with van der Waals surface area (Å²) in [7, 11) is 2.55. The Bertz CT molecular complexity index is 240. The minimum Gasteiger partial charge on any atom is -0.376 e. The lowest BCUT2D eigenvalue weighted by Crippen LogP contribution is -2.47. The second-order valence-electron chi connectivity index (χ2n) is 4.60. The molecule has 1 aliphatic rings. The number of rotatable bonds is 5. The van der Waals surface area contributed by atoms with Gasteiger partial charge in [0.25, 0.3) is 0 Å². The molecule has 3 nitrogen and oxygen atoms in total. The van der Waals surface area contributed by atoms with Crippen molar-refractivity contribution in [1.82, 2.24) is 0 Å². The maximum Gasteiger partial charge on any atom is 0.507 e. The van der Waals surface area contributed by atoms with Gasteiger partial charge in [0, 0.05) is 26.9 Å². The summed E-state index contributed by atoms with van der Waals surface area (Å²) in [6, 6.07) is 0. The molecule has 0 aromatic rings. The van der Waals surface area contributed by atoms with Crippen LogP contribution in [-0.2, 0) is 13.3 Å². The highest BCUT2D eigenvalue weighted by molar-refractivity contribution is 6.63. The van der Waals surface area contributed by atoms with E-state index in [2.05, 4.69) is 19.9 Å². The first-order valence-electron chi connectivity index (χ1n) is 5.94. The van der Waals surface area contributed by atoms with Gasteiger partial charge in [0.1, 0.15) is 0 Å². The fraction of sp³-hybridized carbons (Fsp3) is 0.833. The highest BCUT2D eigenvalue weighted by Gasteiger charge is 2.46. The van der Waals surface area contributed by atoms with Crippen molar-refractivity contribution in [3.8, 4) is 0 Å². The Morgan fingerprint density at radius 1 is 1.25 bits per heavy atom. The summed E-state index contributed by atoms with van der Waals surface area (Å²) in [5.74, 6) is 0.805. The highest BCUT2D eigenvalue weighted by atomic mass is 28.4. The zero-order valence-electron chi connectivity index (χ0n) is 11.1. The molecular weight excluding hydrogens is 220 g/mol. The summed E-state index contributed by atoms with van der Waals surface area (Å²) in [6.07, 6.45) is 5.92. The van der Waals surface area contributed by atoms with E-state index in [1.807, 2.05) is 0 Å². The van der Waals surface area contributed by atoms with Crippen molar-refractivity contribution in [3.63, 3.8) is 0 Å². The standard InChI is InChI=1S/C12H24O3Si/c1-10-6-8-12(9-7-10)11(2)16(13-3,14-4)15-5/h8,10-11H,6-7,9H2,1-5H3. The topological polar surface area (TPSA) is 27.7 Å². The highest BCUT2D eigenvalue weighted by Crippen LogP contribution is 2.37. The van der Waals surface area contributed by atoms with Crippen LogP contribution in [0.15, 0.2) is 11.6 Å². The third kappa shape index (κ3) is 2.74. The molecule has 0 fully saturated rings. The van der Waals surface area contributed by atoms with Gasteiger partial charge in [0.05, 0.1) is 0 Å². The van der Waals surface area contributed by atoms with Crippen LogP contribution in [0.1, 0.15) is 33.1 Å². The predicted molar refractivity (Wildman–Crippen MR) is 67.3 cm³/mol. The SMILES string of the molecule is CO[Si](OC)(OC)C(C)C1=CCC(C)CC1. The molecule has 0 saturated carbocycles. The molecule has 0 aromatic heterocycles. The van der Waals surface area contributed by atoms with Crippen molar-refractivity contribution < 1.29 is 13.3 Å². The lowest BCUT2D eigenvalue weighted by Gasteiger charge is -2.33. The van der Waals surface area contributed by atoms with Crippen molar-refractivity contribution >= 4 is 8.80 Å². The van der Waals surface area contributed by atoms with Crippen LogP contribution < -0.4 is 0 Å². The van der Waals surface area contributed by atoms with Gasteiger partial charge in [-0.25, -0.2) is 0 Å². The zero-order valence-corrected chi connectivity index (χ0v) is 12.1. The molecule has 2 atom stereocenters. The summed E-state index contributed by atoms with van der Waals surface area (Å²) in [6.45, 7) is 4.45. The van der Waals surface area contributed by atoms with Gasteiger partial charge in [-0.15, -0.1) is 0 Å². The molecule has 0 bridgehead atoms. The second kappa shape index (κ2) is 5.96. The van der Waals surface area contributed by atoms with E-state index in [4.69, 9.17) is 13.3 Å². The molecule has 0 radical (unpaired) electrons. The largest absolute Gasteiger partial charge is 0.507 e. The molecule has 1 aliphatic carbocycles. The molecule has 0 aliphatic heterocycles. The van der Waals surface area contributed by atoms with E-state index >= 15 is 0 Å². The smallest absolute Gasteiger partial charge is 0.376 e. The van der Waals surface area contributed by atoms with Gasteiger partial charge in [0.2, 0.25) is 0 Å². The summed E-state index contributed by atoms with van der Waals surface area (Å²) in [5.41, 5.74) is 1.70. The summed E-state index contributed by atoms with van der Waals surface area (Å²) >= 11 is 0. The molecule has 0 N–H and O–H groups in total. The molecule has 2 unspecified atom stereocenters. The van der Waals surface area contributed by atoms with Crippen molar-refractivity contribution in [2.45, 2.75) is 38.7 Å². The maximum absolute atomic E-state index is 5.53. The van der Waals surface area contributed by atoms with Crippen molar-refractivity contribution in [1.29, 1.82) is 0 Å². The minimum absolute atomic E-state index is 0.264. The molecule has 16 heavy (non-hydrogen) atoms. The molecule has 0 saturated heterocycles. The van der Waals surface area contributed by atoms with Crippen LogP contribution in [0.2, 0.25) is 5.54 Å². The number of allylic oxidation sites excluding steroid dienone is 2. The lowest BCUT2D eigenvalue weighted by molar-refractivity contribution is 0.116. The third-order valence-corrected chi connectivity index (χ3v) is 6.79. The molecule has 0 aromatic carbocycles. The molecule has 94 valence electrons. The molecular formula is C12H24O3Si. The molecule has 0 spiro atoms. The van der Waals surface area contributed by atoms with Gasteiger partial charge in [0.15, 0.2) is 0 Å². The average Bonchev–Trinajstić information content (AvgIpc) is 2.33. The van der Waals surface area contributed by atoms with E-state index in [0.29, 0.717) is 0 Å². The van der Waals surface area contributed by atoms with Crippen LogP contribution in [0.5, 0.6) is 0 Å². The van der Waals surface area contributed by atoms with E-state index in [9.17, 15) is 0 Å². The zero-order chi connectivity index (χ0) is 12.2. The Kier molecular flexibility index (Phi) is 5.18. The Morgan fingerprint density at radius 2 is 1.81 bits per heavy atom. The Morgan fingerprint density at radius 3 is 2.19 bits per heavy atom. The van der Waals surface area contributed by atoms with E-state index in [-0.39, 0.29) is 5.54 Å². The quantitative estimate of drug-likeness (QED) is 0.549. The first-order chi connectivity index (χ1) is 7.59. The van der Waals surface area contributed by atoms with E-state index in [1.54, 1.807) is 21.3 Å². The summed E-state index contributed by atoms with van der Waals surface area (Å²) < 4.78 is 16.6. The van der Waals surface area contributed by atoms with Gasteiger partial charge in [-0.3, -0.25) is 0 Å². The van der Waals surface area contributed by atoms with E-state index < -0.39 is 8.80 Å². The Labute approximate surface area is 100 Å². The molecule has 0 amide bonds. The van der Waals surface area contributed by atoms with Crippen LogP contribution in [-0.4, -0.2) is 30.1 Å². The normalized spacial score (nSPS) is 24.1.